The molecule has 0 aromatic carbocycles. The van der Waals surface area contributed by atoms with Crippen LogP contribution in [0.5, 0.6) is 0 Å². The topological polar surface area (TPSA) is 16.1 Å². The number of anilines is 1. The van der Waals surface area contributed by atoms with E-state index in [0.29, 0.717) is 16.3 Å². The van der Waals surface area contributed by atoms with E-state index in [9.17, 15) is 4.39 Å². The van der Waals surface area contributed by atoms with Crippen LogP contribution in [0, 0.1) is 11.2 Å². The van der Waals surface area contributed by atoms with Gasteiger partial charge in [0.1, 0.15) is 0 Å². The minimum absolute atomic E-state index is 0.319. The zero-order valence-corrected chi connectivity index (χ0v) is 11.1. The van der Waals surface area contributed by atoms with Gasteiger partial charge in [0.05, 0.1) is 5.02 Å². The second kappa shape index (κ2) is 4.81. The zero-order valence-electron chi connectivity index (χ0n) is 10.3. The van der Waals surface area contributed by atoms with Crippen LogP contribution in [0.15, 0.2) is 12.3 Å². The average molecular weight is 257 g/mol. The SMILES string of the molecule is CCC1(CC)CCN(c2ncc(Cl)cc2F)C1. The van der Waals surface area contributed by atoms with Crippen LogP contribution in [-0.4, -0.2) is 18.1 Å². The van der Waals surface area contributed by atoms with Crippen LogP contribution in [0.25, 0.3) is 0 Å². The molecule has 0 unspecified atom stereocenters. The fourth-order valence-corrected chi connectivity index (χ4v) is 2.73. The molecule has 4 heteroatoms. The molecule has 1 aliphatic heterocycles. The summed E-state index contributed by atoms with van der Waals surface area (Å²) in [6.45, 7) is 6.19. The van der Waals surface area contributed by atoms with Crippen molar-refractivity contribution in [3.05, 3.63) is 23.1 Å². The second-order valence-electron chi connectivity index (χ2n) is 4.84. The first-order chi connectivity index (χ1) is 8.10. The van der Waals surface area contributed by atoms with Crippen molar-refractivity contribution in [2.75, 3.05) is 18.0 Å². The second-order valence-corrected chi connectivity index (χ2v) is 5.27. The summed E-state index contributed by atoms with van der Waals surface area (Å²) in [6.07, 6.45) is 4.89. The maximum absolute atomic E-state index is 13.8. The van der Waals surface area contributed by atoms with Crippen LogP contribution in [0.3, 0.4) is 0 Å². The van der Waals surface area contributed by atoms with E-state index in [-0.39, 0.29) is 5.82 Å². The van der Waals surface area contributed by atoms with Gasteiger partial charge >= 0.3 is 0 Å². The maximum atomic E-state index is 13.8. The zero-order chi connectivity index (χ0) is 12.5. The summed E-state index contributed by atoms with van der Waals surface area (Å²) in [5.41, 5.74) is 0.327. The summed E-state index contributed by atoms with van der Waals surface area (Å²) >= 11 is 5.71. The molecule has 94 valence electrons. The lowest BCUT2D eigenvalue weighted by Gasteiger charge is -2.26. The molecule has 2 rings (SSSR count). The minimum Gasteiger partial charge on any atom is -0.354 e. The van der Waals surface area contributed by atoms with Crippen molar-refractivity contribution in [3.8, 4) is 0 Å². The Balaban J connectivity index is 2.20. The van der Waals surface area contributed by atoms with Gasteiger partial charge in [0, 0.05) is 19.3 Å². The number of pyridine rings is 1. The fourth-order valence-electron chi connectivity index (χ4n) is 2.58. The summed E-state index contributed by atoms with van der Waals surface area (Å²) < 4.78 is 13.8. The smallest absolute Gasteiger partial charge is 0.167 e. The van der Waals surface area contributed by atoms with Crippen molar-refractivity contribution in [3.63, 3.8) is 0 Å². The van der Waals surface area contributed by atoms with Gasteiger partial charge in [0.25, 0.3) is 0 Å². The van der Waals surface area contributed by atoms with Crippen LogP contribution in [0.1, 0.15) is 33.1 Å². The summed E-state index contributed by atoms with van der Waals surface area (Å²) in [7, 11) is 0. The number of hydrogen-bond acceptors (Lipinski definition) is 2. The van der Waals surface area contributed by atoms with Gasteiger partial charge in [0.2, 0.25) is 0 Å². The van der Waals surface area contributed by atoms with Crippen molar-refractivity contribution in [1.82, 2.24) is 4.98 Å². The molecule has 1 aromatic rings. The number of hydrogen-bond donors (Lipinski definition) is 0. The molecule has 0 aliphatic carbocycles. The Morgan fingerprint density at radius 3 is 2.71 bits per heavy atom. The minimum atomic E-state index is -0.319. The summed E-state index contributed by atoms with van der Waals surface area (Å²) in [5, 5.41) is 0.350. The molecule has 0 radical (unpaired) electrons. The van der Waals surface area contributed by atoms with E-state index >= 15 is 0 Å². The highest BCUT2D eigenvalue weighted by molar-refractivity contribution is 6.30. The molecule has 1 fully saturated rings. The Morgan fingerprint density at radius 1 is 1.47 bits per heavy atom. The van der Waals surface area contributed by atoms with Gasteiger partial charge in [-0.15, -0.1) is 0 Å². The molecule has 1 saturated heterocycles. The molecular formula is C13H18ClFN2. The Hall–Kier alpha value is -0.830. The van der Waals surface area contributed by atoms with Crippen LogP contribution >= 0.6 is 11.6 Å². The van der Waals surface area contributed by atoms with Gasteiger partial charge in [-0.2, -0.15) is 0 Å². The lowest BCUT2D eigenvalue weighted by molar-refractivity contribution is 0.301. The predicted molar refractivity (Wildman–Crippen MR) is 69.1 cm³/mol. The largest absolute Gasteiger partial charge is 0.354 e. The van der Waals surface area contributed by atoms with Gasteiger partial charge in [-0.25, -0.2) is 9.37 Å². The fraction of sp³-hybridized carbons (Fsp3) is 0.615. The van der Waals surface area contributed by atoms with Gasteiger partial charge in [-0.1, -0.05) is 25.4 Å². The van der Waals surface area contributed by atoms with Crippen LogP contribution in [0.2, 0.25) is 5.02 Å². The summed E-state index contributed by atoms with van der Waals surface area (Å²) in [6, 6.07) is 1.34. The van der Waals surface area contributed by atoms with E-state index in [1.807, 2.05) is 4.90 Å². The number of rotatable bonds is 3. The van der Waals surface area contributed by atoms with E-state index in [1.165, 1.54) is 12.3 Å². The molecule has 1 aliphatic rings. The Morgan fingerprint density at radius 2 is 2.18 bits per heavy atom. The van der Waals surface area contributed by atoms with E-state index in [4.69, 9.17) is 11.6 Å². The van der Waals surface area contributed by atoms with Crippen molar-refractivity contribution in [2.24, 2.45) is 5.41 Å². The molecule has 0 saturated carbocycles. The lowest BCUT2D eigenvalue weighted by atomic mass is 9.82. The number of halogens is 2. The molecule has 1 aromatic heterocycles. The maximum Gasteiger partial charge on any atom is 0.167 e. The van der Waals surface area contributed by atoms with E-state index < -0.39 is 0 Å². The Kier molecular flexibility index (Phi) is 3.57. The third-order valence-electron chi connectivity index (χ3n) is 4.03. The van der Waals surface area contributed by atoms with Crippen molar-refractivity contribution >= 4 is 17.4 Å². The highest BCUT2D eigenvalue weighted by atomic mass is 35.5. The molecule has 0 bridgehead atoms. The van der Waals surface area contributed by atoms with Gasteiger partial charge in [-0.3, -0.25) is 0 Å². The van der Waals surface area contributed by atoms with Gasteiger partial charge in [-0.05, 0) is 30.7 Å². The normalized spacial score (nSPS) is 18.7. The molecule has 2 heterocycles. The lowest BCUT2D eigenvalue weighted by Crippen LogP contribution is -2.27. The summed E-state index contributed by atoms with van der Waals surface area (Å²) in [5.74, 6) is 0.124. The standard InChI is InChI=1S/C13H18ClFN2/c1-3-13(4-2)5-6-17(9-13)12-11(15)7-10(14)8-16-12/h7-8H,3-6,9H2,1-2H3. The number of aromatic nitrogens is 1. The first kappa shape index (κ1) is 12.6. The van der Waals surface area contributed by atoms with Crippen molar-refractivity contribution in [2.45, 2.75) is 33.1 Å². The Bertz CT molecular complexity index is 404. The number of nitrogens with zero attached hydrogens (tertiary/aromatic N) is 2. The van der Waals surface area contributed by atoms with Crippen LogP contribution in [-0.2, 0) is 0 Å². The first-order valence-electron chi connectivity index (χ1n) is 6.16. The molecular weight excluding hydrogens is 239 g/mol. The van der Waals surface area contributed by atoms with Crippen LogP contribution in [0.4, 0.5) is 10.2 Å². The highest BCUT2D eigenvalue weighted by Crippen LogP contribution is 2.39. The molecule has 0 atom stereocenters. The third-order valence-corrected chi connectivity index (χ3v) is 4.23. The molecule has 2 nitrogen and oxygen atoms in total. The highest BCUT2D eigenvalue weighted by Gasteiger charge is 2.36. The Labute approximate surface area is 107 Å². The molecule has 0 spiro atoms. The van der Waals surface area contributed by atoms with Crippen molar-refractivity contribution < 1.29 is 4.39 Å². The predicted octanol–water partition coefficient (Wildman–Crippen LogP) is 3.89. The third kappa shape index (κ3) is 2.39. The van der Waals surface area contributed by atoms with E-state index in [0.717, 1.165) is 32.4 Å². The summed E-state index contributed by atoms with van der Waals surface area (Å²) in [4.78, 5) is 6.15. The average Bonchev–Trinajstić information content (AvgIpc) is 2.74. The monoisotopic (exact) mass is 256 g/mol. The quantitative estimate of drug-likeness (QED) is 0.816. The van der Waals surface area contributed by atoms with Crippen LogP contribution < -0.4 is 4.90 Å². The van der Waals surface area contributed by atoms with Crippen molar-refractivity contribution in [1.29, 1.82) is 0 Å². The first-order valence-corrected chi connectivity index (χ1v) is 6.54. The van der Waals surface area contributed by atoms with Gasteiger partial charge in [0.15, 0.2) is 11.6 Å². The molecule has 0 amide bonds. The molecule has 0 N–H and O–H groups in total. The van der Waals surface area contributed by atoms with E-state index in [2.05, 4.69) is 18.8 Å². The van der Waals surface area contributed by atoms with E-state index in [1.54, 1.807) is 0 Å². The molecule has 17 heavy (non-hydrogen) atoms. The van der Waals surface area contributed by atoms with Gasteiger partial charge < -0.3 is 4.90 Å².